The predicted octanol–water partition coefficient (Wildman–Crippen LogP) is 5.26. The summed E-state index contributed by atoms with van der Waals surface area (Å²) in [4.78, 5) is 28.4. The zero-order valence-corrected chi connectivity index (χ0v) is 19.3. The Labute approximate surface area is 196 Å². The van der Waals surface area contributed by atoms with Crippen LogP contribution in [-0.4, -0.2) is 24.1 Å². The van der Waals surface area contributed by atoms with Gasteiger partial charge in [-0.15, -0.1) is 0 Å². The Balaban J connectivity index is 1.70. The van der Waals surface area contributed by atoms with Crippen LogP contribution in [0, 0.1) is 20.8 Å². The van der Waals surface area contributed by atoms with Crippen LogP contribution in [0.4, 0.5) is 0 Å². The molecule has 3 heterocycles. The molecule has 0 atom stereocenters. The predicted molar refractivity (Wildman–Crippen MR) is 136 cm³/mol. The molecule has 0 fully saturated rings. The van der Waals surface area contributed by atoms with Gasteiger partial charge in [0.15, 0.2) is 11.3 Å². The van der Waals surface area contributed by atoms with E-state index in [1.807, 2.05) is 41.0 Å². The van der Waals surface area contributed by atoms with Crippen molar-refractivity contribution < 1.29 is 0 Å². The van der Waals surface area contributed by atoms with Crippen LogP contribution < -0.4 is 5.56 Å². The first-order chi connectivity index (χ1) is 16.5. The first kappa shape index (κ1) is 20.3. The molecule has 34 heavy (non-hydrogen) atoms. The zero-order chi connectivity index (χ0) is 23.4. The van der Waals surface area contributed by atoms with Crippen molar-refractivity contribution in [2.24, 2.45) is 0 Å². The summed E-state index contributed by atoms with van der Waals surface area (Å²) in [6, 6.07) is 22.2. The topological polar surface area (TPSA) is 65.6 Å². The van der Waals surface area contributed by atoms with Crippen molar-refractivity contribution in [3.05, 3.63) is 106 Å². The molecule has 0 N–H and O–H groups in total. The van der Waals surface area contributed by atoms with E-state index in [0.717, 1.165) is 33.4 Å². The molecule has 6 heteroatoms. The minimum atomic E-state index is -0.121. The van der Waals surface area contributed by atoms with Crippen LogP contribution in [0.25, 0.3) is 38.9 Å². The van der Waals surface area contributed by atoms with Crippen molar-refractivity contribution in [3.63, 3.8) is 0 Å². The molecule has 0 spiro atoms. The molecule has 0 aliphatic rings. The first-order valence-corrected chi connectivity index (χ1v) is 11.3. The quantitative estimate of drug-likeness (QED) is 0.373. The summed E-state index contributed by atoms with van der Waals surface area (Å²) in [7, 11) is 0. The Morgan fingerprint density at radius 2 is 1.50 bits per heavy atom. The van der Waals surface area contributed by atoms with E-state index in [2.05, 4.69) is 51.1 Å². The lowest BCUT2D eigenvalue weighted by atomic mass is 10.1. The molecule has 0 aliphatic carbocycles. The molecule has 6 rings (SSSR count). The van der Waals surface area contributed by atoms with Crippen LogP contribution in [0.2, 0.25) is 0 Å². The molecule has 6 nitrogen and oxygen atoms in total. The van der Waals surface area contributed by atoms with Gasteiger partial charge in [-0.05, 0) is 55.7 Å². The van der Waals surface area contributed by atoms with Crippen molar-refractivity contribution >= 4 is 33.2 Å². The Hall–Kier alpha value is -4.32. The number of aryl methyl sites for hydroxylation is 3. The van der Waals surface area contributed by atoms with Crippen LogP contribution in [0.3, 0.4) is 0 Å². The number of para-hydroxylation sites is 2. The molecule has 0 saturated heterocycles. The molecule has 0 radical (unpaired) electrons. The lowest BCUT2D eigenvalue weighted by Crippen LogP contribution is -2.21. The lowest BCUT2D eigenvalue weighted by Gasteiger charge is -2.11. The number of hydrogen-bond donors (Lipinski definition) is 0. The normalized spacial score (nSPS) is 11.6. The summed E-state index contributed by atoms with van der Waals surface area (Å²) in [5.41, 5.74) is 8.58. The number of nitrogens with zero attached hydrogens (tertiary/aromatic N) is 5. The first-order valence-electron chi connectivity index (χ1n) is 11.3. The zero-order valence-electron chi connectivity index (χ0n) is 19.3. The van der Waals surface area contributed by atoms with Gasteiger partial charge in [0, 0.05) is 0 Å². The lowest BCUT2D eigenvalue weighted by molar-refractivity contribution is 0.746. The highest BCUT2D eigenvalue weighted by Gasteiger charge is 2.21. The molecule has 0 saturated carbocycles. The number of fused-ring (bicyclic) bond motifs is 4. The highest BCUT2D eigenvalue weighted by molar-refractivity contribution is 6.05. The van der Waals surface area contributed by atoms with Gasteiger partial charge in [0.2, 0.25) is 0 Å². The monoisotopic (exact) mass is 445 g/mol. The van der Waals surface area contributed by atoms with Crippen molar-refractivity contribution in [1.82, 2.24) is 24.1 Å². The molecule has 3 aromatic carbocycles. The van der Waals surface area contributed by atoms with E-state index in [1.54, 1.807) is 10.9 Å². The molecule has 0 amide bonds. The number of benzene rings is 3. The minimum absolute atomic E-state index is 0.121. The van der Waals surface area contributed by atoms with Gasteiger partial charge in [-0.1, -0.05) is 54.1 Å². The largest absolute Gasteiger partial charge is 0.294 e. The van der Waals surface area contributed by atoms with Crippen LogP contribution >= 0.6 is 0 Å². The summed E-state index contributed by atoms with van der Waals surface area (Å²) in [6.45, 7) is 6.60. The van der Waals surface area contributed by atoms with Gasteiger partial charge >= 0.3 is 0 Å². The van der Waals surface area contributed by atoms with Gasteiger partial charge in [-0.25, -0.2) is 15.0 Å². The summed E-state index contributed by atoms with van der Waals surface area (Å²) >= 11 is 0. The van der Waals surface area contributed by atoms with Gasteiger partial charge in [0.05, 0.1) is 23.3 Å². The highest BCUT2D eigenvalue weighted by atomic mass is 16.1. The van der Waals surface area contributed by atoms with Crippen molar-refractivity contribution in [3.8, 4) is 5.69 Å². The Bertz CT molecular complexity index is 1780. The fourth-order valence-electron chi connectivity index (χ4n) is 4.46. The van der Waals surface area contributed by atoms with E-state index in [1.165, 1.54) is 5.56 Å². The van der Waals surface area contributed by atoms with Crippen molar-refractivity contribution in [2.75, 3.05) is 0 Å². The second kappa shape index (κ2) is 7.63. The SMILES string of the molecule is Cc1ccc(Cn2cnc3c(c2=O)c2nc4ccccc4nc2n3-c2cc(C)ccc2C)cc1. The third-order valence-electron chi connectivity index (χ3n) is 6.31. The smallest absolute Gasteiger partial charge is 0.265 e. The van der Waals surface area contributed by atoms with E-state index < -0.39 is 0 Å². The standard InChI is InChI=1S/C28H23N5O/c1-17-9-12-20(13-10-17)15-32-16-29-26-24(28(32)34)25-27(31-22-7-5-4-6-21(22)30-25)33(26)23-14-18(2)8-11-19(23)3/h4-14,16H,15H2,1-3H3. The second-order valence-corrected chi connectivity index (χ2v) is 8.87. The Kier molecular flexibility index (Phi) is 4.55. The molecule has 3 aromatic heterocycles. The summed E-state index contributed by atoms with van der Waals surface area (Å²) < 4.78 is 3.63. The molecule has 0 unspecified atom stereocenters. The van der Waals surface area contributed by atoms with E-state index in [9.17, 15) is 4.79 Å². The minimum Gasteiger partial charge on any atom is -0.294 e. The molecule has 6 aromatic rings. The number of aromatic nitrogens is 5. The highest BCUT2D eigenvalue weighted by Crippen LogP contribution is 2.30. The third-order valence-corrected chi connectivity index (χ3v) is 6.31. The van der Waals surface area contributed by atoms with E-state index in [4.69, 9.17) is 15.0 Å². The van der Waals surface area contributed by atoms with E-state index >= 15 is 0 Å². The number of rotatable bonds is 3. The number of hydrogen-bond acceptors (Lipinski definition) is 4. The van der Waals surface area contributed by atoms with Crippen LogP contribution in [-0.2, 0) is 6.54 Å². The molecular formula is C28H23N5O. The maximum Gasteiger partial charge on any atom is 0.265 e. The average Bonchev–Trinajstić information content (AvgIpc) is 3.16. The fraction of sp³-hybridized carbons (Fsp3) is 0.143. The second-order valence-electron chi connectivity index (χ2n) is 8.87. The maximum absolute atomic E-state index is 13.8. The van der Waals surface area contributed by atoms with Gasteiger partial charge < -0.3 is 0 Å². The van der Waals surface area contributed by atoms with Crippen molar-refractivity contribution in [2.45, 2.75) is 27.3 Å². The van der Waals surface area contributed by atoms with Crippen LogP contribution in [0.15, 0.2) is 77.9 Å². The Morgan fingerprint density at radius 3 is 2.26 bits per heavy atom. The van der Waals surface area contributed by atoms with Crippen molar-refractivity contribution in [1.29, 1.82) is 0 Å². The maximum atomic E-state index is 13.8. The van der Waals surface area contributed by atoms with Crippen LogP contribution in [0.1, 0.15) is 22.3 Å². The fourth-order valence-corrected chi connectivity index (χ4v) is 4.46. The summed E-state index contributed by atoms with van der Waals surface area (Å²) in [6.07, 6.45) is 1.63. The molecule has 166 valence electrons. The third kappa shape index (κ3) is 3.18. The van der Waals surface area contributed by atoms with Gasteiger partial charge in [-0.3, -0.25) is 13.9 Å². The Morgan fingerprint density at radius 1 is 0.794 bits per heavy atom. The molecule has 0 aliphatic heterocycles. The van der Waals surface area contributed by atoms with Gasteiger partial charge in [-0.2, -0.15) is 0 Å². The average molecular weight is 446 g/mol. The van der Waals surface area contributed by atoms with Crippen LogP contribution in [0.5, 0.6) is 0 Å². The summed E-state index contributed by atoms with van der Waals surface area (Å²) in [5.74, 6) is 0. The molecular weight excluding hydrogens is 422 g/mol. The van der Waals surface area contributed by atoms with E-state index in [0.29, 0.717) is 28.7 Å². The molecule has 0 bridgehead atoms. The van der Waals surface area contributed by atoms with Gasteiger partial charge in [0.25, 0.3) is 5.56 Å². The van der Waals surface area contributed by atoms with Gasteiger partial charge in [0.1, 0.15) is 17.2 Å². The summed E-state index contributed by atoms with van der Waals surface area (Å²) in [5, 5.41) is 0.490. The van der Waals surface area contributed by atoms with E-state index in [-0.39, 0.29) is 5.56 Å².